The Morgan fingerprint density at radius 3 is 0.580 bits per heavy atom. The number of carbonyl (C=O) groups excluding carboxylic acids is 4. The van der Waals surface area contributed by atoms with E-state index in [0.717, 1.165) is 22.3 Å². The number of ether oxygens (including phenoxy) is 8. The lowest BCUT2D eigenvalue weighted by atomic mass is 9.79. The van der Waals surface area contributed by atoms with Crippen molar-refractivity contribution in [2.45, 2.75) is 130 Å². The first-order valence-electron chi connectivity index (χ1n) is 29.9. The Balaban J connectivity index is 1.34. The lowest BCUT2D eigenvalue weighted by Gasteiger charge is -2.29. The minimum atomic E-state index is -0.656. The van der Waals surface area contributed by atoms with Gasteiger partial charge in [0.1, 0.15) is 46.0 Å². The molecule has 12 nitrogen and oxygen atoms in total. The van der Waals surface area contributed by atoms with E-state index in [2.05, 4.69) is 83.1 Å². The lowest BCUT2D eigenvalue weighted by Crippen LogP contribution is -2.23. The van der Waals surface area contributed by atoms with E-state index < -0.39 is 72.0 Å². The summed E-state index contributed by atoms with van der Waals surface area (Å²) < 4.78 is 50.8. The summed E-state index contributed by atoms with van der Waals surface area (Å²) in [6, 6.07) is 52.6. The Labute approximate surface area is 518 Å². The number of fused-ring (bicyclic) bond motifs is 8. The summed E-state index contributed by atoms with van der Waals surface area (Å²) in [5.41, 5.74) is 6.80. The molecule has 1 aliphatic rings. The van der Waals surface area contributed by atoms with Crippen LogP contribution in [0.1, 0.15) is 150 Å². The molecule has 0 aliphatic heterocycles. The van der Waals surface area contributed by atoms with Crippen LogP contribution in [0.15, 0.2) is 170 Å². The highest BCUT2D eigenvalue weighted by Gasteiger charge is 2.32. The third kappa shape index (κ3) is 16.7. The molecule has 0 saturated heterocycles. The normalized spacial score (nSPS) is 12.5. The van der Waals surface area contributed by atoms with Crippen molar-refractivity contribution >= 4 is 23.9 Å². The van der Waals surface area contributed by atoms with Gasteiger partial charge in [-0.3, -0.25) is 0 Å². The van der Waals surface area contributed by atoms with E-state index in [4.69, 9.17) is 37.9 Å². The third-order valence-electron chi connectivity index (χ3n) is 15.2. The van der Waals surface area contributed by atoms with E-state index in [1.54, 1.807) is 48.5 Å². The molecule has 0 fully saturated rings. The zero-order valence-electron chi connectivity index (χ0n) is 52.7. The molecule has 0 heterocycles. The highest BCUT2D eigenvalue weighted by molar-refractivity contribution is 5.79. The van der Waals surface area contributed by atoms with Gasteiger partial charge in [-0.25, -0.2) is 19.2 Å². The fourth-order valence-corrected chi connectivity index (χ4v) is 10.4. The largest absolute Gasteiger partial charge is 0.482 e. The summed E-state index contributed by atoms with van der Waals surface area (Å²) in [6.07, 6.45) is 0.373. The van der Waals surface area contributed by atoms with Crippen molar-refractivity contribution in [3.05, 3.63) is 237 Å². The van der Waals surface area contributed by atoms with Crippen molar-refractivity contribution in [3.8, 4) is 46.0 Å². The maximum atomic E-state index is 14.6. The van der Waals surface area contributed by atoms with E-state index in [-0.39, 0.29) is 48.7 Å². The van der Waals surface area contributed by atoms with Gasteiger partial charge in [-0.15, -0.1) is 0 Å². The van der Waals surface area contributed by atoms with Gasteiger partial charge in [-0.2, -0.15) is 0 Å². The van der Waals surface area contributed by atoms with Gasteiger partial charge in [-0.05, 0) is 92.4 Å². The van der Waals surface area contributed by atoms with E-state index in [9.17, 15) is 19.2 Å². The number of carbonyl (C=O) groups is 4. The summed E-state index contributed by atoms with van der Waals surface area (Å²) >= 11 is 0. The van der Waals surface area contributed by atoms with E-state index in [0.29, 0.717) is 67.5 Å². The Kier molecular flexibility index (Phi) is 19.3. The van der Waals surface area contributed by atoms with Crippen molar-refractivity contribution < 1.29 is 57.1 Å². The van der Waals surface area contributed by atoms with Crippen LogP contribution in [0.4, 0.5) is 0 Å². The van der Waals surface area contributed by atoms with Gasteiger partial charge in [0.2, 0.25) is 0 Å². The SMILES string of the molecule is CC(C)(C)c1cc2c(OC(=O)COc3ccccc3)c(c1)Cc1cc(C(C)(C)C)cc(c1OC(=O)COc1ccccc1)Cc1cc(C(C)(C)C)cc(c1OC(=O)COc1ccccc1)Cc1cc(C(C)(C)C)cc(c1OC(=O)COc1ccccc1)C2. The number of hydrogen-bond acceptors (Lipinski definition) is 12. The van der Waals surface area contributed by atoms with Gasteiger partial charge in [0.25, 0.3) is 0 Å². The van der Waals surface area contributed by atoms with Gasteiger partial charge < -0.3 is 37.9 Å². The topological polar surface area (TPSA) is 142 Å². The van der Waals surface area contributed by atoms with E-state index in [1.165, 1.54) is 0 Å². The first-order valence-corrected chi connectivity index (χ1v) is 29.9. The van der Waals surface area contributed by atoms with Crippen LogP contribution in [-0.2, 0) is 66.5 Å². The maximum Gasteiger partial charge on any atom is 0.349 e. The van der Waals surface area contributed by atoms with Crippen molar-refractivity contribution in [3.63, 3.8) is 0 Å². The predicted molar refractivity (Wildman–Crippen MR) is 342 cm³/mol. The Morgan fingerprint density at radius 2 is 0.432 bits per heavy atom. The van der Waals surface area contributed by atoms with E-state index in [1.807, 2.05) is 121 Å². The second-order valence-electron chi connectivity index (χ2n) is 26.5. The number of rotatable bonds is 16. The fourth-order valence-electron chi connectivity index (χ4n) is 10.4. The first kappa shape index (κ1) is 63.3. The average molecular weight is 1190 g/mol. The first-order chi connectivity index (χ1) is 41.7. The van der Waals surface area contributed by atoms with Crippen LogP contribution in [0.2, 0.25) is 0 Å². The highest BCUT2D eigenvalue weighted by atomic mass is 16.6. The molecular formula is C76H80O12. The molecule has 456 valence electrons. The summed E-state index contributed by atoms with van der Waals surface area (Å²) in [5, 5.41) is 0. The van der Waals surface area contributed by atoms with Gasteiger partial charge in [0.15, 0.2) is 26.4 Å². The molecule has 1 aliphatic carbocycles. The van der Waals surface area contributed by atoms with Crippen molar-refractivity contribution in [1.82, 2.24) is 0 Å². The van der Waals surface area contributed by atoms with Crippen LogP contribution in [-0.4, -0.2) is 50.3 Å². The zero-order valence-corrected chi connectivity index (χ0v) is 52.7. The van der Waals surface area contributed by atoms with Crippen LogP contribution in [0.5, 0.6) is 46.0 Å². The molecule has 12 heteroatoms. The van der Waals surface area contributed by atoms with Crippen molar-refractivity contribution in [2.75, 3.05) is 26.4 Å². The monoisotopic (exact) mass is 1180 g/mol. The number of para-hydroxylation sites is 4. The molecule has 0 N–H and O–H groups in total. The quantitative estimate of drug-likeness (QED) is 0.0671. The average Bonchev–Trinajstić information content (AvgIpc) is 2.78. The van der Waals surface area contributed by atoms with Crippen LogP contribution in [0, 0.1) is 0 Å². The summed E-state index contributed by atoms with van der Waals surface area (Å²) in [6.45, 7) is 23.8. The molecule has 9 rings (SSSR count). The molecule has 0 amide bonds. The number of benzene rings is 8. The standard InChI is InChI=1S/C76H80O12/c1-73(2,3)57-37-49-33-51-39-58(74(4,5)6)41-53(70(51)86-66(78)46-82-62-27-19-14-20-28-62)35-55-43-60(76(10,11)12)44-56(72(55)88-68(80)48-84-64-31-23-16-24-32-64)36-54-42-59(75(7,8)9)40-52(71(54)87-67(79)47-83-63-29-21-15-22-30-63)34-50(38-57)69(49)85-65(77)45-81-61-25-17-13-18-26-61/h13-32,37-44H,33-36,45-48H2,1-12H3. The summed E-state index contributed by atoms with van der Waals surface area (Å²) in [4.78, 5) is 58.2. The molecule has 0 aromatic heterocycles. The van der Waals surface area contributed by atoms with Gasteiger partial charge in [0, 0.05) is 70.2 Å². The summed E-state index contributed by atoms with van der Waals surface area (Å²) in [5.74, 6) is 0.428. The third-order valence-corrected chi connectivity index (χ3v) is 15.2. The zero-order chi connectivity index (χ0) is 63.0. The molecule has 0 atom stereocenters. The minimum absolute atomic E-state index is 0.0933. The summed E-state index contributed by atoms with van der Waals surface area (Å²) in [7, 11) is 0. The van der Waals surface area contributed by atoms with Crippen LogP contribution in [0.3, 0.4) is 0 Å². The van der Waals surface area contributed by atoms with Gasteiger partial charge >= 0.3 is 23.9 Å². The van der Waals surface area contributed by atoms with Crippen LogP contribution in [0.25, 0.3) is 0 Å². The molecular weight excluding hydrogens is 1100 g/mol. The van der Waals surface area contributed by atoms with Gasteiger partial charge in [0.05, 0.1) is 0 Å². The van der Waals surface area contributed by atoms with E-state index >= 15 is 0 Å². The Morgan fingerprint density at radius 1 is 0.273 bits per heavy atom. The van der Waals surface area contributed by atoms with Crippen molar-refractivity contribution in [1.29, 1.82) is 0 Å². The molecule has 8 aromatic rings. The number of hydrogen-bond donors (Lipinski definition) is 0. The molecule has 0 spiro atoms. The van der Waals surface area contributed by atoms with Crippen LogP contribution < -0.4 is 37.9 Å². The molecule has 0 radical (unpaired) electrons. The second-order valence-corrected chi connectivity index (χ2v) is 26.5. The Bertz CT molecular complexity index is 3190. The molecule has 0 unspecified atom stereocenters. The Hall–Kier alpha value is -9.16. The smallest absolute Gasteiger partial charge is 0.349 e. The molecule has 0 saturated carbocycles. The predicted octanol–water partition coefficient (Wildman–Crippen LogP) is 15.5. The highest BCUT2D eigenvalue weighted by Crippen LogP contribution is 2.45. The number of esters is 4. The molecule has 88 heavy (non-hydrogen) atoms. The lowest BCUT2D eigenvalue weighted by molar-refractivity contribution is -0.137. The van der Waals surface area contributed by atoms with Crippen molar-refractivity contribution in [2.24, 2.45) is 0 Å². The fraction of sp³-hybridized carbons (Fsp3) is 0.316. The van der Waals surface area contributed by atoms with Crippen LogP contribution >= 0.6 is 0 Å². The molecule has 8 bridgehead atoms. The van der Waals surface area contributed by atoms with Gasteiger partial charge in [-0.1, -0.05) is 204 Å². The maximum absolute atomic E-state index is 14.6. The minimum Gasteiger partial charge on any atom is -0.482 e. The second kappa shape index (κ2) is 26.8. The molecule has 8 aromatic carbocycles.